The number of nitrogens with two attached hydrogens (primary N) is 1. The molecule has 0 fully saturated rings. The molecule has 0 aromatic rings. The summed E-state index contributed by atoms with van der Waals surface area (Å²) in [6.45, 7) is 8.31. The molecule has 0 spiro atoms. The number of hydrogen-bond donors (Lipinski definition) is 3. The van der Waals surface area contributed by atoms with E-state index in [-0.39, 0.29) is 12.3 Å². The van der Waals surface area contributed by atoms with Crippen molar-refractivity contribution in [2.24, 2.45) is 17.6 Å². The molecule has 0 saturated carbocycles. The van der Waals surface area contributed by atoms with Gasteiger partial charge in [-0.25, -0.2) is 4.79 Å². The lowest BCUT2D eigenvalue weighted by Gasteiger charge is -2.20. The Balaban J connectivity index is 4.21. The summed E-state index contributed by atoms with van der Waals surface area (Å²) >= 11 is 0. The number of carbonyl (C=O) groups excluding carboxylic acids is 1. The molecular formula is C14H26N2O3. The van der Waals surface area contributed by atoms with Crippen molar-refractivity contribution in [3.05, 3.63) is 12.7 Å². The first-order valence-corrected chi connectivity index (χ1v) is 6.75. The topological polar surface area (TPSA) is 92.4 Å². The van der Waals surface area contributed by atoms with Gasteiger partial charge < -0.3 is 16.2 Å². The van der Waals surface area contributed by atoms with Crippen LogP contribution in [0.4, 0.5) is 0 Å². The van der Waals surface area contributed by atoms with Gasteiger partial charge in [-0.1, -0.05) is 19.9 Å². The van der Waals surface area contributed by atoms with E-state index < -0.39 is 12.0 Å². The van der Waals surface area contributed by atoms with E-state index in [9.17, 15) is 9.59 Å². The van der Waals surface area contributed by atoms with Crippen molar-refractivity contribution < 1.29 is 14.7 Å². The van der Waals surface area contributed by atoms with Gasteiger partial charge in [0.25, 0.3) is 0 Å². The van der Waals surface area contributed by atoms with Crippen molar-refractivity contribution in [3.8, 4) is 0 Å². The Morgan fingerprint density at radius 2 is 2.00 bits per heavy atom. The van der Waals surface area contributed by atoms with Crippen LogP contribution in [0.25, 0.3) is 0 Å². The largest absolute Gasteiger partial charge is 0.480 e. The molecule has 5 heteroatoms. The van der Waals surface area contributed by atoms with Gasteiger partial charge in [0.1, 0.15) is 6.04 Å². The van der Waals surface area contributed by atoms with E-state index in [0.717, 1.165) is 12.8 Å². The van der Waals surface area contributed by atoms with E-state index in [1.807, 2.05) is 0 Å². The van der Waals surface area contributed by atoms with Crippen LogP contribution >= 0.6 is 0 Å². The predicted octanol–water partition coefficient (Wildman–Crippen LogP) is 1.53. The Bertz CT molecular complexity index is 303. The first-order chi connectivity index (χ1) is 8.92. The third-order valence-electron chi connectivity index (χ3n) is 3.26. The number of hydrogen-bond acceptors (Lipinski definition) is 3. The SMILES string of the molecule is C=CCC(NC(=O)CCC(CCN)C(C)C)C(=O)O. The minimum atomic E-state index is -1.03. The van der Waals surface area contributed by atoms with Crippen molar-refractivity contribution in [1.82, 2.24) is 5.32 Å². The summed E-state index contributed by atoms with van der Waals surface area (Å²) in [5, 5.41) is 11.4. The second kappa shape index (κ2) is 9.55. The van der Waals surface area contributed by atoms with E-state index in [2.05, 4.69) is 25.7 Å². The quantitative estimate of drug-likeness (QED) is 0.525. The molecule has 0 aliphatic rings. The number of carboxylic acids is 1. The van der Waals surface area contributed by atoms with Gasteiger partial charge in [-0.2, -0.15) is 0 Å². The minimum absolute atomic E-state index is 0.225. The standard InChI is InChI=1S/C14H26N2O3/c1-4-5-12(14(18)19)16-13(17)7-6-11(8-9-15)10(2)3/h4,10-12H,1,5-9,15H2,2-3H3,(H,16,17)(H,18,19). The van der Waals surface area contributed by atoms with Crippen LogP contribution in [0.2, 0.25) is 0 Å². The summed E-state index contributed by atoms with van der Waals surface area (Å²) in [5.74, 6) is -0.384. The van der Waals surface area contributed by atoms with E-state index in [1.165, 1.54) is 6.08 Å². The van der Waals surface area contributed by atoms with Gasteiger partial charge in [-0.15, -0.1) is 6.58 Å². The van der Waals surface area contributed by atoms with Gasteiger partial charge in [-0.3, -0.25) is 4.79 Å². The number of nitrogens with one attached hydrogen (secondary N) is 1. The number of amides is 1. The molecule has 0 saturated heterocycles. The lowest BCUT2D eigenvalue weighted by molar-refractivity contribution is -0.141. The Kier molecular flexibility index (Phi) is 8.87. The van der Waals surface area contributed by atoms with Crippen LogP contribution in [-0.2, 0) is 9.59 Å². The maximum Gasteiger partial charge on any atom is 0.326 e. The van der Waals surface area contributed by atoms with Crippen molar-refractivity contribution >= 4 is 11.9 Å². The zero-order valence-corrected chi connectivity index (χ0v) is 11.9. The first kappa shape index (κ1) is 17.6. The van der Waals surface area contributed by atoms with Gasteiger partial charge >= 0.3 is 5.97 Å². The summed E-state index contributed by atoms with van der Waals surface area (Å²) < 4.78 is 0. The van der Waals surface area contributed by atoms with Crippen LogP contribution in [0.3, 0.4) is 0 Å². The zero-order chi connectivity index (χ0) is 14.8. The van der Waals surface area contributed by atoms with Gasteiger partial charge in [0.05, 0.1) is 0 Å². The Morgan fingerprint density at radius 1 is 1.37 bits per heavy atom. The summed E-state index contributed by atoms with van der Waals surface area (Å²) in [6.07, 6.45) is 3.69. The molecule has 0 rings (SSSR count). The van der Waals surface area contributed by atoms with Gasteiger partial charge in [-0.05, 0) is 37.6 Å². The van der Waals surface area contributed by atoms with E-state index in [4.69, 9.17) is 10.8 Å². The third-order valence-corrected chi connectivity index (χ3v) is 3.26. The van der Waals surface area contributed by atoms with Crippen molar-refractivity contribution in [2.75, 3.05) is 6.54 Å². The van der Waals surface area contributed by atoms with E-state index in [1.54, 1.807) is 0 Å². The molecule has 0 heterocycles. The first-order valence-electron chi connectivity index (χ1n) is 6.75. The summed E-state index contributed by atoms with van der Waals surface area (Å²) in [7, 11) is 0. The molecule has 0 aromatic carbocycles. The molecule has 0 aliphatic heterocycles. The molecule has 0 aromatic heterocycles. The molecule has 5 nitrogen and oxygen atoms in total. The number of carbonyl (C=O) groups is 2. The Morgan fingerprint density at radius 3 is 2.42 bits per heavy atom. The van der Waals surface area contributed by atoms with Crippen LogP contribution in [0.1, 0.15) is 39.5 Å². The molecule has 2 atom stereocenters. The average molecular weight is 270 g/mol. The molecule has 4 N–H and O–H groups in total. The summed E-state index contributed by atoms with van der Waals surface area (Å²) in [4.78, 5) is 22.6. The number of aliphatic carboxylic acids is 1. The molecule has 0 radical (unpaired) electrons. The lowest BCUT2D eigenvalue weighted by Crippen LogP contribution is -2.40. The van der Waals surface area contributed by atoms with Crippen LogP contribution in [0.15, 0.2) is 12.7 Å². The smallest absolute Gasteiger partial charge is 0.326 e. The molecule has 0 aliphatic carbocycles. The fourth-order valence-electron chi connectivity index (χ4n) is 2.00. The van der Waals surface area contributed by atoms with Crippen molar-refractivity contribution in [3.63, 3.8) is 0 Å². The Labute approximate surface area is 115 Å². The maximum atomic E-state index is 11.7. The second-order valence-corrected chi connectivity index (χ2v) is 5.10. The van der Waals surface area contributed by atoms with Gasteiger partial charge in [0.15, 0.2) is 0 Å². The van der Waals surface area contributed by atoms with Crippen LogP contribution in [0.5, 0.6) is 0 Å². The molecule has 19 heavy (non-hydrogen) atoms. The number of carboxylic acid groups (broad SMARTS) is 1. The third kappa shape index (κ3) is 7.62. The molecule has 1 amide bonds. The predicted molar refractivity (Wildman–Crippen MR) is 75.6 cm³/mol. The van der Waals surface area contributed by atoms with Crippen LogP contribution < -0.4 is 11.1 Å². The monoisotopic (exact) mass is 270 g/mol. The van der Waals surface area contributed by atoms with Gasteiger partial charge in [0.2, 0.25) is 5.91 Å². The fraction of sp³-hybridized carbons (Fsp3) is 0.714. The fourth-order valence-corrected chi connectivity index (χ4v) is 2.00. The highest BCUT2D eigenvalue weighted by Crippen LogP contribution is 2.20. The second-order valence-electron chi connectivity index (χ2n) is 5.10. The summed E-state index contributed by atoms with van der Waals surface area (Å²) in [5.41, 5.74) is 5.54. The zero-order valence-electron chi connectivity index (χ0n) is 11.9. The van der Waals surface area contributed by atoms with Crippen LogP contribution in [-0.4, -0.2) is 29.6 Å². The summed E-state index contributed by atoms with van der Waals surface area (Å²) in [6, 6.07) is -0.878. The minimum Gasteiger partial charge on any atom is -0.480 e. The van der Waals surface area contributed by atoms with E-state index >= 15 is 0 Å². The Hall–Kier alpha value is -1.36. The highest BCUT2D eigenvalue weighted by Gasteiger charge is 2.19. The maximum absolute atomic E-state index is 11.7. The highest BCUT2D eigenvalue weighted by molar-refractivity contribution is 5.83. The molecule has 0 bridgehead atoms. The van der Waals surface area contributed by atoms with Crippen molar-refractivity contribution in [1.29, 1.82) is 0 Å². The molecule has 110 valence electrons. The normalized spacial score (nSPS) is 13.9. The number of rotatable bonds is 10. The molecular weight excluding hydrogens is 244 g/mol. The van der Waals surface area contributed by atoms with Gasteiger partial charge in [0, 0.05) is 6.42 Å². The highest BCUT2D eigenvalue weighted by atomic mass is 16.4. The average Bonchev–Trinajstić information content (AvgIpc) is 2.33. The van der Waals surface area contributed by atoms with E-state index in [0.29, 0.717) is 24.8 Å². The van der Waals surface area contributed by atoms with Crippen LogP contribution in [0, 0.1) is 11.8 Å². The molecule has 2 unspecified atom stereocenters. The lowest BCUT2D eigenvalue weighted by atomic mass is 9.88. The van der Waals surface area contributed by atoms with Crippen molar-refractivity contribution in [2.45, 2.75) is 45.6 Å².